The first-order valence-corrected chi connectivity index (χ1v) is 8.44. The molecule has 0 aliphatic heterocycles. The van der Waals surface area contributed by atoms with E-state index in [1.54, 1.807) is 6.07 Å². The van der Waals surface area contributed by atoms with Gasteiger partial charge in [0.05, 0.1) is 19.1 Å². The van der Waals surface area contributed by atoms with Crippen molar-refractivity contribution in [2.24, 2.45) is 11.7 Å². The number of benzene rings is 1. The molecule has 0 bridgehead atoms. The highest BCUT2D eigenvalue weighted by Crippen LogP contribution is 2.29. The van der Waals surface area contributed by atoms with Crippen molar-refractivity contribution in [2.75, 3.05) is 20.8 Å². The van der Waals surface area contributed by atoms with Crippen LogP contribution < -0.4 is 19.9 Å². The maximum atomic E-state index is 12.5. The van der Waals surface area contributed by atoms with Crippen LogP contribution in [0.2, 0.25) is 0 Å². The Balaban J connectivity index is 2.26. The van der Waals surface area contributed by atoms with Gasteiger partial charge in [-0.05, 0) is 25.3 Å². The van der Waals surface area contributed by atoms with Crippen molar-refractivity contribution in [1.29, 1.82) is 0 Å². The van der Waals surface area contributed by atoms with Gasteiger partial charge in [-0.25, -0.2) is 13.1 Å². The fourth-order valence-corrected chi connectivity index (χ4v) is 4.07. The van der Waals surface area contributed by atoms with Crippen LogP contribution >= 0.6 is 0 Å². The quantitative estimate of drug-likeness (QED) is 0.821. The molecule has 0 radical (unpaired) electrons. The van der Waals surface area contributed by atoms with E-state index in [4.69, 9.17) is 15.2 Å². The molecule has 6 nitrogen and oxygen atoms in total. The minimum absolute atomic E-state index is 0.0998. The van der Waals surface area contributed by atoms with Crippen LogP contribution in [0.15, 0.2) is 23.1 Å². The molecule has 1 saturated carbocycles. The fraction of sp³-hybridized carbons (Fsp3) is 0.571. The monoisotopic (exact) mass is 314 g/mol. The second-order valence-electron chi connectivity index (χ2n) is 5.20. The highest BCUT2D eigenvalue weighted by molar-refractivity contribution is 7.89. The molecule has 1 aromatic carbocycles. The molecule has 1 aliphatic rings. The van der Waals surface area contributed by atoms with E-state index in [1.165, 1.54) is 26.4 Å². The number of nitrogens with two attached hydrogens (primary N) is 1. The Morgan fingerprint density at radius 1 is 1.19 bits per heavy atom. The van der Waals surface area contributed by atoms with Crippen LogP contribution in [0.3, 0.4) is 0 Å². The van der Waals surface area contributed by atoms with Crippen molar-refractivity contribution in [1.82, 2.24) is 4.72 Å². The van der Waals surface area contributed by atoms with Gasteiger partial charge in [0, 0.05) is 24.2 Å². The number of sulfonamides is 1. The number of nitrogens with one attached hydrogen (secondary N) is 1. The Morgan fingerprint density at radius 3 is 2.33 bits per heavy atom. The van der Waals surface area contributed by atoms with Gasteiger partial charge in [0.15, 0.2) is 0 Å². The minimum Gasteiger partial charge on any atom is -0.497 e. The Morgan fingerprint density at radius 2 is 1.81 bits per heavy atom. The number of rotatable bonds is 6. The predicted octanol–water partition coefficient (Wildman–Crippen LogP) is 1.11. The summed E-state index contributed by atoms with van der Waals surface area (Å²) in [4.78, 5) is 0.140. The molecule has 1 aliphatic carbocycles. The van der Waals surface area contributed by atoms with Crippen molar-refractivity contribution < 1.29 is 17.9 Å². The molecule has 21 heavy (non-hydrogen) atoms. The van der Waals surface area contributed by atoms with Crippen molar-refractivity contribution in [2.45, 2.75) is 30.2 Å². The summed E-state index contributed by atoms with van der Waals surface area (Å²) in [5.74, 6) is 1.08. The van der Waals surface area contributed by atoms with E-state index in [-0.39, 0.29) is 16.9 Å². The molecule has 0 amide bonds. The molecular weight excluding hydrogens is 292 g/mol. The summed E-state index contributed by atoms with van der Waals surface area (Å²) in [6.45, 7) is 0.495. The summed E-state index contributed by atoms with van der Waals surface area (Å²) in [5.41, 5.74) is 5.70. The SMILES string of the molecule is COc1cc(OC)cc(S(=O)(=O)NC2CCCC2CN)c1. The molecule has 1 aromatic rings. The first-order chi connectivity index (χ1) is 10.00. The lowest BCUT2D eigenvalue weighted by Crippen LogP contribution is -2.39. The zero-order chi connectivity index (χ0) is 15.5. The van der Waals surface area contributed by atoms with Gasteiger partial charge >= 0.3 is 0 Å². The van der Waals surface area contributed by atoms with Gasteiger partial charge in [0.25, 0.3) is 0 Å². The first kappa shape index (κ1) is 16.1. The molecule has 3 N–H and O–H groups in total. The van der Waals surface area contributed by atoms with Crippen LogP contribution in [0.1, 0.15) is 19.3 Å². The zero-order valence-electron chi connectivity index (χ0n) is 12.3. The average Bonchev–Trinajstić information content (AvgIpc) is 2.93. The first-order valence-electron chi connectivity index (χ1n) is 6.95. The highest BCUT2D eigenvalue weighted by Gasteiger charge is 2.30. The van der Waals surface area contributed by atoms with Crippen LogP contribution in [0.4, 0.5) is 0 Å². The molecule has 0 aromatic heterocycles. The third kappa shape index (κ3) is 3.66. The summed E-state index contributed by atoms with van der Waals surface area (Å²) >= 11 is 0. The fourth-order valence-electron chi connectivity index (χ4n) is 2.68. The molecule has 0 heterocycles. The van der Waals surface area contributed by atoms with Crippen LogP contribution in [0, 0.1) is 5.92 Å². The summed E-state index contributed by atoms with van der Waals surface area (Å²) < 4.78 is 38.0. The van der Waals surface area contributed by atoms with Gasteiger partial charge < -0.3 is 15.2 Å². The standard InChI is InChI=1S/C14H22N2O4S/c1-19-11-6-12(20-2)8-13(7-11)21(17,18)16-14-5-3-4-10(14)9-15/h6-8,10,14,16H,3-5,9,15H2,1-2H3. The zero-order valence-corrected chi connectivity index (χ0v) is 13.2. The molecular formula is C14H22N2O4S. The highest BCUT2D eigenvalue weighted by atomic mass is 32.2. The number of ether oxygens (including phenoxy) is 2. The number of hydrogen-bond donors (Lipinski definition) is 2. The van der Waals surface area contributed by atoms with Crippen LogP contribution in [-0.2, 0) is 10.0 Å². The predicted molar refractivity (Wildman–Crippen MR) is 80.1 cm³/mol. The minimum atomic E-state index is -3.62. The van der Waals surface area contributed by atoms with E-state index in [2.05, 4.69) is 4.72 Å². The van der Waals surface area contributed by atoms with E-state index < -0.39 is 10.0 Å². The molecule has 2 unspecified atom stereocenters. The summed E-state index contributed by atoms with van der Waals surface area (Å²) in [6, 6.07) is 4.50. The van der Waals surface area contributed by atoms with Crippen LogP contribution in [-0.4, -0.2) is 35.2 Å². The third-order valence-electron chi connectivity index (χ3n) is 3.90. The number of methoxy groups -OCH3 is 2. The van der Waals surface area contributed by atoms with E-state index in [9.17, 15) is 8.42 Å². The van der Waals surface area contributed by atoms with Crippen molar-refractivity contribution in [3.63, 3.8) is 0 Å². The van der Waals surface area contributed by atoms with Gasteiger partial charge in [-0.1, -0.05) is 6.42 Å². The molecule has 7 heteroatoms. The van der Waals surface area contributed by atoms with Gasteiger partial charge in [-0.15, -0.1) is 0 Å². The smallest absolute Gasteiger partial charge is 0.241 e. The second-order valence-corrected chi connectivity index (χ2v) is 6.92. The van der Waals surface area contributed by atoms with Gasteiger partial charge in [0.2, 0.25) is 10.0 Å². The molecule has 118 valence electrons. The average molecular weight is 314 g/mol. The maximum absolute atomic E-state index is 12.5. The Kier molecular flexibility index (Phi) is 5.08. The Labute approximate surface area is 125 Å². The lowest BCUT2D eigenvalue weighted by molar-refractivity contribution is 0.391. The Hall–Kier alpha value is -1.31. The Bertz CT molecular complexity index is 566. The molecule has 0 saturated heterocycles. The van der Waals surface area contributed by atoms with Crippen LogP contribution in [0.5, 0.6) is 11.5 Å². The van der Waals surface area contributed by atoms with Crippen molar-refractivity contribution in [3.05, 3.63) is 18.2 Å². The number of hydrogen-bond acceptors (Lipinski definition) is 5. The molecule has 2 rings (SSSR count). The normalized spacial score (nSPS) is 22.2. The van der Waals surface area contributed by atoms with Crippen molar-refractivity contribution >= 4 is 10.0 Å². The molecule has 2 atom stereocenters. The summed E-state index contributed by atoms with van der Waals surface area (Å²) in [5, 5.41) is 0. The van der Waals surface area contributed by atoms with Gasteiger partial charge in [-0.2, -0.15) is 0 Å². The maximum Gasteiger partial charge on any atom is 0.241 e. The molecule has 0 spiro atoms. The van der Waals surface area contributed by atoms with E-state index in [1.807, 2.05) is 0 Å². The topological polar surface area (TPSA) is 90.6 Å². The lowest BCUT2D eigenvalue weighted by Gasteiger charge is -2.19. The van der Waals surface area contributed by atoms with Crippen LogP contribution in [0.25, 0.3) is 0 Å². The lowest BCUT2D eigenvalue weighted by atomic mass is 10.1. The van der Waals surface area contributed by atoms with E-state index >= 15 is 0 Å². The van der Waals surface area contributed by atoms with Gasteiger partial charge in [-0.3, -0.25) is 0 Å². The van der Waals surface area contributed by atoms with Gasteiger partial charge in [0.1, 0.15) is 11.5 Å². The summed E-state index contributed by atoms with van der Waals surface area (Å²) in [6.07, 6.45) is 2.78. The van der Waals surface area contributed by atoms with E-state index in [0.717, 1.165) is 19.3 Å². The third-order valence-corrected chi connectivity index (χ3v) is 5.37. The largest absolute Gasteiger partial charge is 0.497 e. The van der Waals surface area contributed by atoms with E-state index in [0.29, 0.717) is 18.0 Å². The van der Waals surface area contributed by atoms with Crippen molar-refractivity contribution in [3.8, 4) is 11.5 Å². The second kappa shape index (κ2) is 6.64. The molecule has 1 fully saturated rings. The summed E-state index contributed by atoms with van der Waals surface area (Å²) in [7, 11) is -0.645.